The number of rotatable bonds is 0. The van der Waals surface area contributed by atoms with Crippen molar-refractivity contribution >= 4 is 0 Å². The highest BCUT2D eigenvalue weighted by Crippen LogP contribution is 2.38. The van der Waals surface area contributed by atoms with Gasteiger partial charge in [-0.1, -0.05) is 0 Å². The van der Waals surface area contributed by atoms with E-state index in [0.717, 1.165) is 11.8 Å². The van der Waals surface area contributed by atoms with Gasteiger partial charge in [0.1, 0.15) is 0 Å². The Morgan fingerprint density at radius 1 is 0.600 bits per heavy atom. The Kier molecular flexibility index (Phi) is 1.97. The van der Waals surface area contributed by atoms with Crippen LogP contribution >= 0.6 is 0 Å². The van der Waals surface area contributed by atoms with Crippen LogP contribution in [0, 0.1) is 37.5 Å². The van der Waals surface area contributed by atoms with Crippen molar-refractivity contribution in [3.8, 4) is 0 Å². The quantitative estimate of drug-likeness (QED) is 0.477. The van der Waals surface area contributed by atoms with Gasteiger partial charge >= 0.3 is 0 Å². The molecule has 2 aliphatic rings. The molecule has 0 N–H and O–H groups in total. The summed E-state index contributed by atoms with van der Waals surface area (Å²) in [6, 6.07) is 0. The van der Waals surface area contributed by atoms with Crippen LogP contribution in [0.5, 0.6) is 0 Å². The van der Waals surface area contributed by atoms with E-state index in [1.54, 1.807) is 0 Å². The molecule has 0 nitrogen and oxygen atoms in total. The first-order chi connectivity index (χ1) is 4.97. The second kappa shape index (κ2) is 2.94. The van der Waals surface area contributed by atoms with Crippen LogP contribution in [0.3, 0.4) is 0 Å². The Morgan fingerprint density at radius 2 is 0.900 bits per heavy atom. The highest BCUT2D eigenvalue weighted by Gasteiger charge is 2.27. The Bertz CT molecular complexity index is 80.6. The standard InChI is InChI=1S/C10H14/c1-2-6-10-8-4-3-7-9(10)5-1/h1-4,9-10H,5-8H2. The second-order valence-electron chi connectivity index (χ2n) is 3.41. The van der Waals surface area contributed by atoms with Crippen molar-refractivity contribution in [3.63, 3.8) is 0 Å². The lowest BCUT2D eigenvalue weighted by Crippen LogP contribution is -2.23. The van der Waals surface area contributed by atoms with Crippen LogP contribution in [0.15, 0.2) is 0 Å². The molecule has 4 radical (unpaired) electrons. The average molecular weight is 134 g/mol. The molecule has 0 spiro atoms. The summed E-state index contributed by atoms with van der Waals surface area (Å²) < 4.78 is 0. The van der Waals surface area contributed by atoms with Crippen LogP contribution in [0.25, 0.3) is 0 Å². The molecule has 0 heterocycles. The predicted octanol–water partition coefficient (Wildman–Crippen LogP) is 2.62. The highest BCUT2D eigenvalue weighted by molar-refractivity contribution is 5.04. The minimum atomic E-state index is 0.981. The Labute approximate surface area is 64.0 Å². The van der Waals surface area contributed by atoms with Gasteiger partial charge in [0.15, 0.2) is 0 Å². The maximum absolute atomic E-state index is 2.35. The van der Waals surface area contributed by atoms with Crippen molar-refractivity contribution in [1.29, 1.82) is 0 Å². The fourth-order valence-electron chi connectivity index (χ4n) is 2.05. The van der Waals surface area contributed by atoms with Crippen molar-refractivity contribution < 1.29 is 0 Å². The minimum absolute atomic E-state index is 0.981. The van der Waals surface area contributed by atoms with E-state index in [-0.39, 0.29) is 0 Å². The first-order valence-electron chi connectivity index (χ1n) is 4.27. The fourth-order valence-corrected chi connectivity index (χ4v) is 2.05. The molecule has 0 heteroatoms. The van der Waals surface area contributed by atoms with Gasteiger partial charge in [-0.25, -0.2) is 0 Å². The van der Waals surface area contributed by atoms with Gasteiger partial charge in [-0.2, -0.15) is 0 Å². The van der Waals surface area contributed by atoms with E-state index in [1.807, 2.05) is 0 Å². The maximum atomic E-state index is 2.35. The summed E-state index contributed by atoms with van der Waals surface area (Å²) in [4.78, 5) is 0. The van der Waals surface area contributed by atoms with Crippen LogP contribution in [0.4, 0.5) is 0 Å². The van der Waals surface area contributed by atoms with Crippen LogP contribution in [0.2, 0.25) is 0 Å². The molecule has 0 aliphatic heterocycles. The molecule has 54 valence electrons. The normalized spacial score (nSPS) is 40.8. The highest BCUT2D eigenvalue weighted by atomic mass is 14.3. The summed E-state index contributed by atoms with van der Waals surface area (Å²) in [5.74, 6) is 1.96. The summed E-state index contributed by atoms with van der Waals surface area (Å²) in [6.07, 6.45) is 14.7. The lowest BCUT2D eigenvalue weighted by atomic mass is 9.71. The van der Waals surface area contributed by atoms with E-state index in [4.69, 9.17) is 0 Å². The molecule has 0 aromatic heterocycles. The van der Waals surface area contributed by atoms with Crippen molar-refractivity contribution in [3.05, 3.63) is 25.7 Å². The molecule has 2 rings (SSSR count). The van der Waals surface area contributed by atoms with Crippen molar-refractivity contribution in [2.75, 3.05) is 0 Å². The van der Waals surface area contributed by atoms with Crippen LogP contribution in [0.1, 0.15) is 25.7 Å². The number of fused-ring (bicyclic) bond motifs is 1. The molecule has 2 saturated carbocycles. The molecule has 2 aliphatic carbocycles. The molecular weight excluding hydrogens is 120 g/mol. The zero-order chi connectivity index (χ0) is 6.81. The topological polar surface area (TPSA) is 0 Å². The van der Waals surface area contributed by atoms with E-state index >= 15 is 0 Å². The summed E-state index contributed by atoms with van der Waals surface area (Å²) in [5, 5.41) is 0. The maximum Gasteiger partial charge on any atom is -0.0349 e. The van der Waals surface area contributed by atoms with Gasteiger partial charge in [0.2, 0.25) is 0 Å². The van der Waals surface area contributed by atoms with E-state index in [0.29, 0.717) is 0 Å². The van der Waals surface area contributed by atoms with Gasteiger partial charge in [-0.15, -0.1) is 0 Å². The summed E-state index contributed by atoms with van der Waals surface area (Å²) in [6.45, 7) is 0. The van der Waals surface area contributed by atoms with Gasteiger partial charge in [-0.3, -0.25) is 0 Å². The molecule has 10 heavy (non-hydrogen) atoms. The third-order valence-electron chi connectivity index (χ3n) is 2.76. The van der Waals surface area contributed by atoms with Crippen molar-refractivity contribution in [2.24, 2.45) is 11.8 Å². The van der Waals surface area contributed by atoms with Gasteiger partial charge in [0.25, 0.3) is 0 Å². The zero-order valence-corrected chi connectivity index (χ0v) is 6.29. The second-order valence-corrected chi connectivity index (χ2v) is 3.41. The Morgan fingerprint density at radius 3 is 1.20 bits per heavy atom. The minimum Gasteiger partial charge on any atom is -0.0468 e. The largest absolute Gasteiger partial charge is 0.0468 e. The molecule has 0 aromatic carbocycles. The molecule has 0 atom stereocenters. The molecule has 0 bridgehead atoms. The smallest absolute Gasteiger partial charge is 0.0349 e. The lowest BCUT2D eigenvalue weighted by molar-refractivity contribution is 0.274. The van der Waals surface area contributed by atoms with Crippen LogP contribution in [-0.2, 0) is 0 Å². The SMILES string of the molecule is [CH]1[CH]CC2C[CH][CH]CC2C1. The predicted molar refractivity (Wildman–Crippen MR) is 42.6 cm³/mol. The van der Waals surface area contributed by atoms with Gasteiger partial charge < -0.3 is 0 Å². The van der Waals surface area contributed by atoms with Crippen LogP contribution < -0.4 is 0 Å². The van der Waals surface area contributed by atoms with Crippen molar-refractivity contribution in [2.45, 2.75) is 25.7 Å². The monoisotopic (exact) mass is 134 g/mol. The molecule has 0 saturated heterocycles. The average Bonchev–Trinajstić information content (AvgIpc) is 2.05. The van der Waals surface area contributed by atoms with Gasteiger partial charge in [-0.05, 0) is 63.2 Å². The summed E-state index contributed by atoms with van der Waals surface area (Å²) in [7, 11) is 0. The molecule has 0 amide bonds. The fraction of sp³-hybridized carbons (Fsp3) is 0.600. The zero-order valence-electron chi connectivity index (χ0n) is 6.29. The number of hydrogen-bond donors (Lipinski definition) is 0. The molecule has 2 fully saturated rings. The Balaban J connectivity index is 1.93. The first-order valence-corrected chi connectivity index (χ1v) is 4.27. The van der Waals surface area contributed by atoms with Gasteiger partial charge in [0, 0.05) is 0 Å². The van der Waals surface area contributed by atoms with E-state index in [9.17, 15) is 0 Å². The summed E-state index contributed by atoms with van der Waals surface area (Å²) >= 11 is 0. The number of hydrogen-bond acceptors (Lipinski definition) is 0. The summed E-state index contributed by atoms with van der Waals surface area (Å²) in [5.41, 5.74) is 0. The lowest BCUT2D eigenvalue weighted by Gasteiger charge is -2.34. The molecular formula is C10H14. The van der Waals surface area contributed by atoms with E-state index in [1.165, 1.54) is 25.7 Å². The third-order valence-corrected chi connectivity index (χ3v) is 2.76. The Hall–Kier alpha value is 0. The van der Waals surface area contributed by atoms with E-state index < -0.39 is 0 Å². The molecule has 0 unspecified atom stereocenters. The van der Waals surface area contributed by atoms with Gasteiger partial charge in [0.05, 0.1) is 0 Å². The van der Waals surface area contributed by atoms with Crippen LogP contribution in [-0.4, -0.2) is 0 Å². The first kappa shape index (κ1) is 6.69. The van der Waals surface area contributed by atoms with E-state index in [2.05, 4.69) is 25.7 Å². The molecule has 0 aromatic rings. The third kappa shape index (κ3) is 1.21. The van der Waals surface area contributed by atoms with Crippen molar-refractivity contribution in [1.82, 2.24) is 0 Å².